The second-order valence-electron chi connectivity index (χ2n) is 3.10. The molecule has 1 unspecified atom stereocenters. The first-order valence-corrected chi connectivity index (χ1v) is 4.41. The number of hydrogen-bond donors (Lipinski definition) is 1. The van der Waals surface area contributed by atoms with Crippen molar-refractivity contribution in [2.24, 2.45) is 0 Å². The van der Waals surface area contributed by atoms with Crippen molar-refractivity contribution in [2.45, 2.75) is 32.2 Å². The van der Waals surface area contributed by atoms with Crippen molar-refractivity contribution in [3.63, 3.8) is 0 Å². The molecular formula is C9H15NO2. The molecule has 12 heavy (non-hydrogen) atoms. The molecule has 0 aromatic rings. The van der Waals surface area contributed by atoms with Gasteiger partial charge < -0.3 is 10.0 Å². The van der Waals surface area contributed by atoms with Gasteiger partial charge in [-0.25, -0.2) is 4.79 Å². The van der Waals surface area contributed by atoms with E-state index in [0.717, 1.165) is 13.0 Å². The lowest BCUT2D eigenvalue weighted by Gasteiger charge is -2.20. The lowest BCUT2D eigenvalue weighted by molar-refractivity contribution is -0.131. The molecule has 0 spiro atoms. The summed E-state index contributed by atoms with van der Waals surface area (Å²) in [5, 5.41) is 8.42. The number of nitrogens with zero attached hydrogens (tertiary/aromatic N) is 1. The summed E-state index contributed by atoms with van der Waals surface area (Å²) in [6.45, 7) is 3.14. The predicted octanol–water partition coefficient (Wildman–Crippen LogP) is 1.46. The number of likely N-dealkylation sites (tertiary alicyclic amines) is 1. The van der Waals surface area contributed by atoms with Gasteiger partial charge in [-0.1, -0.05) is 6.92 Å². The van der Waals surface area contributed by atoms with Gasteiger partial charge in [0, 0.05) is 24.9 Å². The third-order valence-corrected chi connectivity index (χ3v) is 2.30. The van der Waals surface area contributed by atoms with Gasteiger partial charge in [0.25, 0.3) is 0 Å². The topological polar surface area (TPSA) is 40.5 Å². The standard InChI is InChI=1S/C9H15NO2/c1-2-8-4-3-6-10(8)7-5-9(11)12/h5,7-8H,2-4,6H2,1H3,(H,11,12)/b7-5+. The average molecular weight is 169 g/mol. The van der Waals surface area contributed by atoms with E-state index < -0.39 is 5.97 Å². The Morgan fingerprint density at radius 2 is 2.50 bits per heavy atom. The molecule has 68 valence electrons. The Morgan fingerprint density at radius 1 is 1.75 bits per heavy atom. The molecule has 0 saturated carbocycles. The highest BCUT2D eigenvalue weighted by atomic mass is 16.4. The molecule has 3 nitrogen and oxygen atoms in total. The van der Waals surface area contributed by atoms with Crippen LogP contribution in [0.2, 0.25) is 0 Å². The van der Waals surface area contributed by atoms with Crippen molar-refractivity contribution in [1.29, 1.82) is 0 Å². The van der Waals surface area contributed by atoms with Crippen LogP contribution in [0.3, 0.4) is 0 Å². The van der Waals surface area contributed by atoms with Crippen LogP contribution >= 0.6 is 0 Å². The Bertz CT molecular complexity index is 189. The maximum Gasteiger partial charge on any atom is 0.329 e. The van der Waals surface area contributed by atoms with Crippen LogP contribution in [-0.4, -0.2) is 28.6 Å². The van der Waals surface area contributed by atoms with Gasteiger partial charge in [-0.15, -0.1) is 0 Å². The van der Waals surface area contributed by atoms with Gasteiger partial charge in [-0.05, 0) is 19.3 Å². The third-order valence-electron chi connectivity index (χ3n) is 2.30. The van der Waals surface area contributed by atoms with Gasteiger partial charge in [0.2, 0.25) is 0 Å². The minimum Gasteiger partial charge on any atom is -0.478 e. The molecule has 1 N–H and O–H groups in total. The van der Waals surface area contributed by atoms with Crippen LogP contribution in [0.25, 0.3) is 0 Å². The number of hydrogen-bond acceptors (Lipinski definition) is 2. The van der Waals surface area contributed by atoms with Gasteiger partial charge in [0.1, 0.15) is 0 Å². The Kier molecular flexibility index (Phi) is 3.14. The maximum atomic E-state index is 10.2. The Labute approximate surface area is 72.7 Å². The zero-order chi connectivity index (χ0) is 8.97. The number of aliphatic carboxylic acids is 1. The van der Waals surface area contributed by atoms with Crippen LogP contribution in [0.1, 0.15) is 26.2 Å². The van der Waals surface area contributed by atoms with Crippen molar-refractivity contribution in [2.75, 3.05) is 6.54 Å². The summed E-state index contributed by atoms with van der Waals surface area (Å²) >= 11 is 0. The Morgan fingerprint density at radius 3 is 3.08 bits per heavy atom. The first-order valence-electron chi connectivity index (χ1n) is 4.41. The number of rotatable bonds is 3. The summed E-state index contributed by atoms with van der Waals surface area (Å²) in [5.41, 5.74) is 0. The molecule has 0 radical (unpaired) electrons. The summed E-state index contributed by atoms with van der Waals surface area (Å²) in [7, 11) is 0. The van der Waals surface area contributed by atoms with Crippen LogP contribution in [0.4, 0.5) is 0 Å². The summed E-state index contributed by atoms with van der Waals surface area (Å²) in [5.74, 6) is -0.864. The minimum atomic E-state index is -0.864. The first-order chi connectivity index (χ1) is 5.74. The fourth-order valence-corrected chi connectivity index (χ4v) is 1.65. The summed E-state index contributed by atoms with van der Waals surface area (Å²) in [6.07, 6.45) is 6.39. The molecule has 0 aromatic carbocycles. The molecule has 1 fully saturated rings. The fourth-order valence-electron chi connectivity index (χ4n) is 1.65. The van der Waals surface area contributed by atoms with E-state index in [9.17, 15) is 4.79 Å². The van der Waals surface area contributed by atoms with Crippen LogP contribution < -0.4 is 0 Å². The van der Waals surface area contributed by atoms with Gasteiger partial charge in [0.05, 0.1) is 0 Å². The molecule has 1 aliphatic rings. The zero-order valence-corrected chi connectivity index (χ0v) is 7.36. The van der Waals surface area contributed by atoms with Crippen molar-refractivity contribution in [3.8, 4) is 0 Å². The number of carbonyl (C=O) groups is 1. The smallest absolute Gasteiger partial charge is 0.329 e. The molecule has 1 atom stereocenters. The summed E-state index contributed by atoms with van der Waals surface area (Å²) < 4.78 is 0. The quantitative estimate of drug-likeness (QED) is 0.650. The monoisotopic (exact) mass is 169 g/mol. The molecule has 0 aliphatic carbocycles. The van der Waals surface area contributed by atoms with Crippen LogP contribution in [0, 0.1) is 0 Å². The van der Waals surface area contributed by atoms with Crippen molar-refractivity contribution >= 4 is 5.97 Å². The van der Waals surface area contributed by atoms with Gasteiger partial charge >= 0.3 is 5.97 Å². The van der Waals surface area contributed by atoms with Crippen molar-refractivity contribution < 1.29 is 9.90 Å². The summed E-state index contributed by atoms with van der Waals surface area (Å²) in [6, 6.07) is 0.556. The van der Waals surface area contributed by atoms with E-state index in [-0.39, 0.29) is 0 Å². The first kappa shape index (κ1) is 9.10. The molecule has 1 heterocycles. The fraction of sp³-hybridized carbons (Fsp3) is 0.667. The molecule has 1 rings (SSSR count). The third kappa shape index (κ3) is 2.26. The van der Waals surface area contributed by atoms with Gasteiger partial charge in [-0.3, -0.25) is 0 Å². The molecule has 0 aromatic heterocycles. The minimum absolute atomic E-state index is 0.556. The normalized spacial score (nSPS) is 23.8. The van der Waals surface area contributed by atoms with E-state index in [2.05, 4.69) is 11.8 Å². The highest BCUT2D eigenvalue weighted by Crippen LogP contribution is 2.19. The van der Waals surface area contributed by atoms with E-state index in [4.69, 9.17) is 5.11 Å². The average Bonchev–Trinajstić information content (AvgIpc) is 2.47. The molecular weight excluding hydrogens is 154 g/mol. The van der Waals surface area contributed by atoms with Gasteiger partial charge in [0.15, 0.2) is 0 Å². The lowest BCUT2D eigenvalue weighted by atomic mass is 10.2. The largest absolute Gasteiger partial charge is 0.478 e. The van der Waals surface area contributed by atoms with E-state index in [0.29, 0.717) is 6.04 Å². The maximum absolute atomic E-state index is 10.2. The van der Waals surface area contributed by atoms with E-state index in [1.165, 1.54) is 18.9 Å². The van der Waals surface area contributed by atoms with Crippen LogP contribution in [-0.2, 0) is 4.79 Å². The van der Waals surface area contributed by atoms with E-state index >= 15 is 0 Å². The molecule has 0 bridgehead atoms. The second-order valence-corrected chi connectivity index (χ2v) is 3.10. The highest BCUT2D eigenvalue weighted by Gasteiger charge is 2.19. The van der Waals surface area contributed by atoms with Gasteiger partial charge in [-0.2, -0.15) is 0 Å². The van der Waals surface area contributed by atoms with Crippen molar-refractivity contribution in [1.82, 2.24) is 4.90 Å². The van der Waals surface area contributed by atoms with E-state index in [1.54, 1.807) is 6.20 Å². The number of carboxylic acids is 1. The Balaban J connectivity index is 2.45. The summed E-state index contributed by atoms with van der Waals surface area (Å²) in [4.78, 5) is 12.4. The van der Waals surface area contributed by atoms with Crippen molar-refractivity contribution in [3.05, 3.63) is 12.3 Å². The predicted molar refractivity (Wildman–Crippen MR) is 46.8 cm³/mol. The SMILES string of the molecule is CCC1CCCN1/C=C/C(=O)O. The second kappa shape index (κ2) is 4.14. The molecule has 1 aliphatic heterocycles. The van der Waals surface area contributed by atoms with E-state index in [1.807, 2.05) is 0 Å². The molecule has 0 amide bonds. The Hall–Kier alpha value is -0.990. The van der Waals surface area contributed by atoms with Crippen LogP contribution in [0.15, 0.2) is 12.3 Å². The molecule has 3 heteroatoms. The number of carboxylic acid groups (broad SMARTS) is 1. The highest BCUT2D eigenvalue weighted by molar-refractivity contribution is 5.79. The van der Waals surface area contributed by atoms with Crippen LogP contribution in [0.5, 0.6) is 0 Å². The lowest BCUT2D eigenvalue weighted by Crippen LogP contribution is -2.23. The molecule has 1 saturated heterocycles. The zero-order valence-electron chi connectivity index (χ0n) is 7.36.